The number of nitrogens with one attached hydrogen (secondary N) is 1. The van der Waals surface area contributed by atoms with Gasteiger partial charge in [0.25, 0.3) is 0 Å². The lowest BCUT2D eigenvalue weighted by Crippen LogP contribution is -2.41. The Balaban J connectivity index is 1.91. The minimum atomic E-state index is -0.430. The Morgan fingerprint density at radius 2 is 1.94 bits per heavy atom. The zero-order valence-corrected chi connectivity index (χ0v) is 18.2. The average molecular weight is 424 g/mol. The number of fused-ring (bicyclic) bond motifs is 1. The lowest BCUT2D eigenvalue weighted by atomic mass is 9.98. The monoisotopic (exact) mass is 423 g/mol. The van der Waals surface area contributed by atoms with Crippen LogP contribution in [0, 0.1) is 5.92 Å². The molecule has 0 spiro atoms. The highest BCUT2D eigenvalue weighted by Gasteiger charge is 2.18. The van der Waals surface area contributed by atoms with Crippen LogP contribution in [0.1, 0.15) is 32.3 Å². The fourth-order valence-electron chi connectivity index (χ4n) is 3.66. The molecule has 1 amide bonds. The van der Waals surface area contributed by atoms with Crippen LogP contribution >= 0.6 is 0 Å². The summed E-state index contributed by atoms with van der Waals surface area (Å²) in [5.74, 6) is 0.638. The molecular weight excluding hydrogens is 394 g/mol. The molecule has 0 aliphatic carbocycles. The molecular formula is C25H29NO5. The number of amides is 1. The molecule has 2 N–H and O–H groups in total. The maximum atomic E-state index is 12.5. The van der Waals surface area contributed by atoms with Crippen LogP contribution in [0.4, 0.5) is 0 Å². The largest absolute Gasteiger partial charge is 0.496 e. The highest BCUT2D eigenvalue weighted by atomic mass is 16.5. The van der Waals surface area contributed by atoms with Gasteiger partial charge in [-0.1, -0.05) is 50.6 Å². The van der Waals surface area contributed by atoms with Crippen molar-refractivity contribution in [1.29, 1.82) is 0 Å². The molecule has 0 bridgehead atoms. The van der Waals surface area contributed by atoms with Crippen LogP contribution < -0.4 is 15.7 Å². The second kappa shape index (κ2) is 10.3. The number of ether oxygens (including phenoxy) is 1. The topological polar surface area (TPSA) is 88.8 Å². The SMILES string of the molecule is CC[C@@H](C)[C@@H](CO)NC(=O)CCc1cc2c(-c3ccccc3)cc(=O)oc2cc1OC. The van der Waals surface area contributed by atoms with Crippen molar-refractivity contribution in [3.63, 3.8) is 0 Å². The summed E-state index contributed by atoms with van der Waals surface area (Å²) in [5, 5.41) is 13.3. The van der Waals surface area contributed by atoms with E-state index in [4.69, 9.17) is 9.15 Å². The van der Waals surface area contributed by atoms with Gasteiger partial charge in [0.1, 0.15) is 11.3 Å². The van der Waals surface area contributed by atoms with Crippen molar-refractivity contribution in [2.24, 2.45) is 5.92 Å². The number of hydrogen-bond donors (Lipinski definition) is 2. The standard InChI is InChI=1S/C25H29NO5/c1-4-16(2)21(15-27)26-24(28)11-10-18-12-20-19(17-8-6-5-7-9-17)13-25(29)31-23(20)14-22(18)30-3/h5-9,12-14,16,21,27H,4,10-11,15H2,1-3H3,(H,26,28)/t16-,21-/m1/s1. The first-order valence-electron chi connectivity index (χ1n) is 10.6. The smallest absolute Gasteiger partial charge is 0.336 e. The van der Waals surface area contributed by atoms with Crippen molar-refractivity contribution in [2.45, 2.75) is 39.2 Å². The van der Waals surface area contributed by atoms with Gasteiger partial charge < -0.3 is 19.6 Å². The van der Waals surface area contributed by atoms with Crippen LogP contribution in [0.3, 0.4) is 0 Å². The molecule has 3 rings (SSSR count). The number of aliphatic hydroxyl groups is 1. The van der Waals surface area contributed by atoms with Crippen LogP contribution in [-0.2, 0) is 11.2 Å². The van der Waals surface area contributed by atoms with E-state index in [9.17, 15) is 14.7 Å². The summed E-state index contributed by atoms with van der Waals surface area (Å²) in [6, 6.07) is 14.5. The van der Waals surface area contributed by atoms with Crippen molar-refractivity contribution in [3.8, 4) is 16.9 Å². The first-order chi connectivity index (χ1) is 15.0. The van der Waals surface area contributed by atoms with E-state index < -0.39 is 5.63 Å². The summed E-state index contributed by atoms with van der Waals surface area (Å²) in [7, 11) is 1.55. The Labute approximate surface area is 181 Å². The normalized spacial score (nSPS) is 13.0. The van der Waals surface area contributed by atoms with E-state index in [0.29, 0.717) is 17.8 Å². The summed E-state index contributed by atoms with van der Waals surface area (Å²) in [6.45, 7) is 3.95. The number of benzene rings is 2. The van der Waals surface area contributed by atoms with E-state index in [1.807, 2.05) is 50.2 Å². The molecule has 2 aromatic carbocycles. The zero-order valence-electron chi connectivity index (χ0n) is 18.2. The fourth-order valence-corrected chi connectivity index (χ4v) is 3.66. The van der Waals surface area contributed by atoms with E-state index in [-0.39, 0.29) is 30.9 Å². The molecule has 2 atom stereocenters. The summed E-state index contributed by atoms with van der Waals surface area (Å²) >= 11 is 0. The van der Waals surface area contributed by atoms with Gasteiger partial charge in [0.05, 0.1) is 19.8 Å². The molecule has 6 nitrogen and oxygen atoms in total. The first kappa shape index (κ1) is 22.6. The highest BCUT2D eigenvalue weighted by molar-refractivity contribution is 5.94. The lowest BCUT2D eigenvalue weighted by molar-refractivity contribution is -0.122. The predicted octanol–water partition coefficient (Wildman–Crippen LogP) is 3.92. The zero-order chi connectivity index (χ0) is 22.4. The molecule has 1 heterocycles. The molecule has 0 saturated carbocycles. The van der Waals surface area contributed by atoms with Gasteiger partial charge in [-0.25, -0.2) is 4.79 Å². The molecule has 164 valence electrons. The third-order valence-electron chi connectivity index (χ3n) is 5.73. The lowest BCUT2D eigenvalue weighted by Gasteiger charge is -2.22. The predicted molar refractivity (Wildman–Crippen MR) is 121 cm³/mol. The third kappa shape index (κ3) is 5.33. The molecule has 0 aliphatic heterocycles. The second-order valence-corrected chi connectivity index (χ2v) is 7.75. The summed E-state index contributed by atoms with van der Waals surface area (Å²) in [6.07, 6.45) is 1.58. The van der Waals surface area contributed by atoms with E-state index >= 15 is 0 Å². The van der Waals surface area contributed by atoms with Crippen LogP contribution in [0.5, 0.6) is 5.75 Å². The Morgan fingerprint density at radius 3 is 2.58 bits per heavy atom. The van der Waals surface area contributed by atoms with Crippen molar-refractivity contribution in [1.82, 2.24) is 5.32 Å². The molecule has 0 aliphatic rings. The number of aryl methyl sites for hydroxylation is 1. The van der Waals surface area contributed by atoms with Gasteiger partial charge in [0.15, 0.2) is 0 Å². The van der Waals surface area contributed by atoms with Crippen LogP contribution in [0.25, 0.3) is 22.1 Å². The van der Waals surface area contributed by atoms with E-state index in [2.05, 4.69) is 5.32 Å². The van der Waals surface area contributed by atoms with Gasteiger partial charge in [0.2, 0.25) is 5.91 Å². The molecule has 0 fully saturated rings. The Morgan fingerprint density at radius 1 is 1.19 bits per heavy atom. The van der Waals surface area contributed by atoms with Crippen molar-refractivity contribution < 1.29 is 19.1 Å². The molecule has 0 unspecified atom stereocenters. The minimum absolute atomic E-state index is 0.0838. The fraction of sp³-hybridized carbons (Fsp3) is 0.360. The number of carbonyl (C=O) groups is 1. The van der Waals surface area contributed by atoms with Crippen molar-refractivity contribution >= 4 is 16.9 Å². The number of hydrogen-bond acceptors (Lipinski definition) is 5. The molecule has 0 saturated heterocycles. The molecule has 6 heteroatoms. The van der Waals surface area contributed by atoms with Crippen molar-refractivity contribution in [2.75, 3.05) is 13.7 Å². The average Bonchev–Trinajstić information content (AvgIpc) is 2.80. The summed E-state index contributed by atoms with van der Waals surface area (Å²) in [4.78, 5) is 24.6. The molecule has 0 radical (unpaired) electrons. The van der Waals surface area contributed by atoms with E-state index in [0.717, 1.165) is 28.5 Å². The van der Waals surface area contributed by atoms with Crippen LogP contribution in [0.15, 0.2) is 57.7 Å². The number of rotatable bonds is 9. The molecule has 3 aromatic rings. The quantitative estimate of drug-likeness (QED) is 0.509. The Bertz CT molecular complexity index is 1090. The maximum absolute atomic E-state index is 12.5. The van der Waals surface area contributed by atoms with Crippen molar-refractivity contribution in [3.05, 3.63) is 64.5 Å². The van der Waals surface area contributed by atoms with Gasteiger partial charge in [-0.05, 0) is 35.1 Å². The van der Waals surface area contributed by atoms with Crippen LogP contribution in [-0.4, -0.2) is 30.8 Å². The van der Waals surface area contributed by atoms with Gasteiger partial charge in [-0.2, -0.15) is 0 Å². The van der Waals surface area contributed by atoms with E-state index in [1.165, 1.54) is 6.07 Å². The maximum Gasteiger partial charge on any atom is 0.336 e. The number of methoxy groups -OCH3 is 1. The molecule has 1 aromatic heterocycles. The second-order valence-electron chi connectivity index (χ2n) is 7.75. The Hall–Kier alpha value is -3.12. The van der Waals surface area contributed by atoms with Gasteiger partial charge in [-0.3, -0.25) is 4.79 Å². The Kier molecular flexibility index (Phi) is 7.47. The summed E-state index contributed by atoms with van der Waals surface area (Å²) in [5.41, 5.74) is 2.54. The minimum Gasteiger partial charge on any atom is -0.496 e. The first-order valence-corrected chi connectivity index (χ1v) is 10.6. The molecule has 31 heavy (non-hydrogen) atoms. The van der Waals surface area contributed by atoms with Gasteiger partial charge >= 0.3 is 5.63 Å². The highest BCUT2D eigenvalue weighted by Crippen LogP contribution is 2.32. The number of aliphatic hydroxyl groups excluding tert-OH is 1. The number of carbonyl (C=O) groups excluding carboxylic acids is 1. The van der Waals surface area contributed by atoms with E-state index in [1.54, 1.807) is 13.2 Å². The third-order valence-corrected chi connectivity index (χ3v) is 5.73. The van der Waals surface area contributed by atoms with Crippen LogP contribution in [0.2, 0.25) is 0 Å². The van der Waals surface area contributed by atoms with Gasteiger partial charge in [0, 0.05) is 23.9 Å². The van der Waals surface area contributed by atoms with Gasteiger partial charge in [-0.15, -0.1) is 0 Å². The summed E-state index contributed by atoms with van der Waals surface area (Å²) < 4.78 is 10.9.